The molecule has 2 amide bonds. The highest BCUT2D eigenvalue weighted by Gasteiger charge is 2.24. The smallest absolute Gasteiger partial charge is 0.407 e. The molecule has 0 spiro atoms. The average Bonchev–Trinajstić information content (AvgIpc) is 2.51. The second-order valence-electron chi connectivity index (χ2n) is 10.5. The van der Waals surface area contributed by atoms with Gasteiger partial charge in [-0.3, -0.25) is 0 Å². The van der Waals surface area contributed by atoms with Crippen molar-refractivity contribution in [3.8, 4) is 0 Å². The summed E-state index contributed by atoms with van der Waals surface area (Å²) in [6, 6.07) is 0.810. The van der Waals surface area contributed by atoms with Gasteiger partial charge in [0.2, 0.25) is 0 Å². The van der Waals surface area contributed by atoms with Crippen LogP contribution in [0.2, 0.25) is 0 Å². The van der Waals surface area contributed by atoms with Gasteiger partial charge in [-0.25, -0.2) is 9.59 Å². The van der Waals surface area contributed by atoms with Crippen LogP contribution < -0.4 is 22.1 Å². The standard InChI is InChI=1S/2C11H22N2O2/c2*1-11(2,3)15-10(14)13-9-6-4-5-8(12)7-9/h2*8-9H,4-7,12H2,1-3H3,(H,13,14)/t2*8-,9+/m10/s1. The normalized spacial score (nSPS) is 27.2. The van der Waals surface area contributed by atoms with E-state index in [0.717, 1.165) is 51.4 Å². The Morgan fingerprint density at radius 2 is 1.03 bits per heavy atom. The summed E-state index contributed by atoms with van der Waals surface area (Å²) < 4.78 is 10.4. The number of carbonyl (C=O) groups excluding carboxylic acids is 2. The van der Waals surface area contributed by atoms with Gasteiger partial charge in [-0.15, -0.1) is 0 Å². The van der Waals surface area contributed by atoms with Crippen molar-refractivity contribution in [3.63, 3.8) is 0 Å². The molecule has 0 radical (unpaired) electrons. The number of hydrogen-bond donors (Lipinski definition) is 4. The Morgan fingerprint density at radius 1 is 0.700 bits per heavy atom. The molecule has 2 aliphatic rings. The summed E-state index contributed by atoms with van der Waals surface area (Å²) in [5.41, 5.74) is 10.8. The van der Waals surface area contributed by atoms with Crippen LogP contribution in [0.4, 0.5) is 9.59 Å². The first-order chi connectivity index (χ1) is 13.7. The lowest BCUT2D eigenvalue weighted by molar-refractivity contribution is 0.0478. The van der Waals surface area contributed by atoms with E-state index in [9.17, 15) is 9.59 Å². The Balaban J connectivity index is 0.000000300. The summed E-state index contributed by atoms with van der Waals surface area (Å²) in [5.74, 6) is 0. The van der Waals surface area contributed by atoms with Crippen molar-refractivity contribution in [1.29, 1.82) is 0 Å². The molecule has 0 bridgehead atoms. The third-order valence-electron chi connectivity index (χ3n) is 4.87. The van der Waals surface area contributed by atoms with Crippen molar-refractivity contribution in [2.24, 2.45) is 11.5 Å². The first kappa shape index (κ1) is 26.5. The molecule has 30 heavy (non-hydrogen) atoms. The second-order valence-corrected chi connectivity index (χ2v) is 10.5. The summed E-state index contributed by atoms with van der Waals surface area (Å²) in [4.78, 5) is 22.9. The van der Waals surface area contributed by atoms with Crippen LogP contribution in [-0.4, -0.2) is 47.6 Å². The molecule has 0 aliphatic heterocycles. The molecule has 176 valence electrons. The number of rotatable bonds is 2. The molecule has 0 aromatic heterocycles. The molecule has 2 aliphatic carbocycles. The zero-order valence-electron chi connectivity index (χ0n) is 19.8. The number of nitrogens with one attached hydrogen (secondary N) is 2. The molecule has 0 saturated heterocycles. The predicted molar refractivity (Wildman–Crippen MR) is 119 cm³/mol. The van der Waals surface area contributed by atoms with Crippen molar-refractivity contribution in [1.82, 2.24) is 10.6 Å². The molecule has 0 aromatic rings. The summed E-state index contributed by atoms with van der Waals surface area (Å²) in [7, 11) is 0. The van der Waals surface area contributed by atoms with Crippen LogP contribution in [0.3, 0.4) is 0 Å². The van der Waals surface area contributed by atoms with Gasteiger partial charge in [0.1, 0.15) is 11.2 Å². The molecule has 0 unspecified atom stereocenters. The molecule has 8 heteroatoms. The lowest BCUT2D eigenvalue weighted by atomic mass is 9.92. The minimum Gasteiger partial charge on any atom is -0.444 e. The van der Waals surface area contributed by atoms with Crippen LogP contribution in [-0.2, 0) is 9.47 Å². The van der Waals surface area contributed by atoms with Crippen LogP contribution in [0.15, 0.2) is 0 Å². The zero-order valence-corrected chi connectivity index (χ0v) is 19.8. The fourth-order valence-corrected chi connectivity index (χ4v) is 3.67. The lowest BCUT2D eigenvalue weighted by Crippen LogP contribution is -2.44. The first-order valence-electron chi connectivity index (χ1n) is 11.2. The van der Waals surface area contributed by atoms with E-state index in [4.69, 9.17) is 20.9 Å². The van der Waals surface area contributed by atoms with Gasteiger partial charge < -0.3 is 31.6 Å². The molecule has 6 N–H and O–H groups in total. The average molecular weight is 429 g/mol. The van der Waals surface area contributed by atoms with E-state index >= 15 is 0 Å². The van der Waals surface area contributed by atoms with E-state index in [1.165, 1.54) is 0 Å². The first-order valence-corrected chi connectivity index (χ1v) is 11.2. The van der Waals surface area contributed by atoms with Crippen molar-refractivity contribution >= 4 is 12.2 Å². The van der Waals surface area contributed by atoms with E-state index in [-0.39, 0.29) is 36.4 Å². The molecular formula is C22H44N4O4. The fraction of sp³-hybridized carbons (Fsp3) is 0.909. The maximum atomic E-state index is 11.5. The Hall–Kier alpha value is -1.54. The maximum Gasteiger partial charge on any atom is 0.407 e. The second kappa shape index (κ2) is 11.7. The number of nitrogens with two attached hydrogens (primary N) is 2. The molecule has 2 rings (SSSR count). The van der Waals surface area contributed by atoms with Crippen molar-refractivity contribution in [3.05, 3.63) is 0 Å². The molecule has 4 atom stereocenters. The highest BCUT2D eigenvalue weighted by molar-refractivity contribution is 5.68. The summed E-state index contributed by atoms with van der Waals surface area (Å²) >= 11 is 0. The van der Waals surface area contributed by atoms with Gasteiger partial charge in [-0.2, -0.15) is 0 Å². The molecule has 0 aromatic carbocycles. The van der Waals surface area contributed by atoms with Gasteiger partial charge in [0.15, 0.2) is 0 Å². The molecule has 8 nitrogen and oxygen atoms in total. The zero-order chi connectivity index (χ0) is 22.9. The monoisotopic (exact) mass is 428 g/mol. The Labute approximate surface area is 182 Å². The Kier molecular flexibility index (Phi) is 10.4. The van der Waals surface area contributed by atoms with Gasteiger partial charge in [-0.05, 0) is 92.9 Å². The minimum atomic E-state index is -0.430. The largest absolute Gasteiger partial charge is 0.444 e. The Bertz CT molecular complexity index is 494. The lowest BCUT2D eigenvalue weighted by Gasteiger charge is -2.28. The summed E-state index contributed by atoms with van der Waals surface area (Å²) in [5, 5.41) is 5.73. The fourth-order valence-electron chi connectivity index (χ4n) is 3.67. The van der Waals surface area contributed by atoms with Gasteiger partial charge in [0, 0.05) is 24.2 Å². The SMILES string of the molecule is CC(C)(C)OC(=O)N[C@@H]1CCC[C@H](N)C1.CC(C)(C)OC(=O)N[C@H]1CCC[C@@H](N)C1. The topological polar surface area (TPSA) is 129 Å². The van der Waals surface area contributed by atoms with Crippen molar-refractivity contribution in [2.45, 2.75) is 128 Å². The van der Waals surface area contributed by atoms with Gasteiger partial charge in [0.05, 0.1) is 0 Å². The molecule has 2 fully saturated rings. The van der Waals surface area contributed by atoms with Gasteiger partial charge in [-0.1, -0.05) is 0 Å². The molecule has 2 saturated carbocycles. The van der Waals surface area contributed by atoms with Crippen LogP contribution in [0.25, 0.3) is 0 Å². The van der Waals surface area contributed by atoms with Crippen LogP contribution in [0.5, 0.6) is 0 Å². The van der Waals surface area contributed by atoms with E-state index in [2.05, 4.69) is 10.6 Å². The van der Waals surface area contributed by atoms with Crippen LogP contribution in [0.1, 0.15) is 92.9 Å². The van der Waals surface area contributed by atoms with Gasteiger partial charge >= 0.3 is 12.2 Å². The number of hydrogen-bond acceptors (Lipinski definition) is 6. The summed E-state index contributed by atoms with van der Waals surface area (Å²) in [6.45, 7) is 11.2. The Morgan fingerprint density at radius 3 is 1.30 bits per heavy atom. The van der Waals surface area contributed by atoms with E-state index in [1.807, 2.05) is 41.5 Å². The number of ether oxygens (including phenoxy) is 2. The quantitative estimate of drug-likeness (QED) is 0.532. The van der Waals surface area contributed by atoms with Crippen LogP contribution >= 0.6 is 0 Å². The molecular weight excluding hydrogens is 384 g/mol. The highest BCUT2D eigenvalue weighted by Crippen LogP contribution is 2.18. The number of alkyl carbamates (subject to hydrolysis) is 2. The highest BCUT2D eigenvalue weighted by atomic mass is 16.6. The third-order valence-corrected chi connectivity index (χ3v) is 4.87. The maximum absolute atomic E-state index is 11.5. The molecule has 0 heterocycles. The van der Waals surface area contributed by atoms with E-state index in [0.29, 0.717) is 0 Å². The van der Waals surface area contributed by atoms with Crippen molar-refractivity contribution < 1.29 is 19.1 Å². The van der Waals surface area contributed by atoms with Crippen molar-refractivity contribution in [2.75, 3.05) is 0 Å². The number of amides is 2. The van der Waals surface area contributed by atoms with E-state index in [1.54, 1.807) is 0 Å². The van der Waals surface area contributed by atoms with E-state index < -0.39 is 11.2 Å². The minimum absolute atomic E-state index is 0.184. The van der Waals surface area contributed by atoms with Crippen LogP contribution in [0, 0.1) is 0 Å². The number of carbonyl (C=O) groups is 2. The summed E-state index contributed by atoms with van der Waals surface area (Å²) in [6.07, 6.45) is 7.36. The third kappa shape index (κ3) is 12.9. The van der Waals surface area contributed by atoms with Gasteiger partial charge in [0.25, 0.3) is 0 Å². The predicted octanol–water partition coefficient (Wildman–Crippen LogP) is 3.56.